The summed E-state index contributed by atoms with van der Waals surface area (Å²) in [5.74, 6) is 1.15. The van der Waals surface area contributed by atoms with E-state index in [0.717, 1.165) is 42.3 Å². The lowest BCUT2D eigenvalue weighted by Gasteiger charge is -2.64. The van der Waals surface area contributed by atoms with Crippen molar-refractivity contribution >= 4 is 11.7 Å². The minimum absolute atomic E-state index is 0.0150. The number of hydrogen-bond donors (Lipinski definition) is 1. The molecule has 0 bridgehead atoms. The Bertz CT molecular complexity index is 1310. The van der Waals surface area contributed by atoms with Crippen molar-refractivity contribution in [1.29, 1.82) is 0 Å². The van der Waals surface area contributed by atoms with Crippen molar-refractivity contribution in [3.8, 4) is 11.5 Å². The molecule has 214 valence electrons. The fourth-order valence-electron chi connectivity index (χ4n) is 8.66. The van der Waals surface area contributed by atoms with Crippen LogP contribution in [0.5, 0.6) is 11.5 Å². The fraction of sp³-hybridized carbons (Fsp3) is 0.531. The van der Waals surface area contributed by atoms with Crippen molar-refractivity contribution < 1.29 is 28.8 Å². The highest BCUT2D eigenvalue weighted by Crippen LogP contribution is 2.67. The molecule has 3 heterocycles. The highest BCUT2D eigenvalue weighted by atomic mass is 16.6. The maximum Gasteiger partial charge on any atom is 0.303 e. The van der Waals surface area contributed by atoms with Gasteiger partial charge >= 0.3 is 5.97 Å². The summed E-state index contributed by atoms with van der Waals surface area (Å²) in [7, 11) is 5.35. The number of nitrogens with zero attached hydrogens (tertiary/aromatic N) is 2. The molecule has 2 fully saturated rings. The third-order valence-corrected chi connectivity index (χ3v) is 9.98. The third kappa shape index (κ3) is 3.65. The molecule has 0 radical (unpaired) electrons. The van der Waals surface area contributed by atoms with Crippen LogP contribution in [0.3, 0.4) is 0 Å². The van der Waals surface area contributed by atoms with Gasteiger partial charge in [-0.1, -0.05) is 37.3 Å². The van der Waals surface area contributed by atoms with Crippen LogP contribution in [0.2, 0.25) is 0 Å². The molecule has 6 rings (SSSR count). The summed E-state index contributed by atoms with van der Waals surface area (Å²) in [6.45, 7) is 5.65. The number of likely N-dealkylation sites (N-methyl/N-ethyl adjacent to an activating group) is 1. The number of fused-ring (bicyclic) bond motifs is 1. The lowest BCUT2D eigenvalue weighted by molar-refractivity contribution is -0.234. The van der Waals surface area contributed by atoms with Gasteiger partial charge < -0.3 is 29.0 Å². The van der Waals surface area contributed by atoms with E-state index in [1.807, 2.05) is 37.4 Å². The summed E-state index contributed by atoms with van der Waals surface area (Å²) in [6, 6.07) is 13.7. The van der Waals surface area contributed by atoms with Crippen LogP contribution in [0.25, 0.3) is 0 Å². The zero-order valence-electron chi connectivity index (χ0n) is 24.1. The molecule has 8 nitrogen and oxygen atoms in total. The zero-order chi connectivity index (χ0) is 28.3. The average Bonchev–Trinajstić information content (AvgIpc) is 3.47. The Morgan fingerprint density at radius 3 is 2.48 bits per heavy atom. The van der Waals surface area contributed by atoms with Crippen LogP contribution < -0.4 is 14.4 Å². The number of ether oxygens (including phenoxy) is 4. The summed E-state index contributed by atoms with van der Waals surface area (Å²) < 4.78 is 23.5. The van der Waals surface area contributed by atoms with Gasteiger partial charge in [-0.15, -0.1) is 0 Å². The number of anilines is 1. The molecule has 1 N–H and O–H groups in total. The van der Waals surface area contributed by atoms with Gasteiger partial charge in [-0.2, -0.15) is 0 Å². The first-order chi connectivity index (χ1) is 19.2. The highest BCUT2D eigenvalue weighted by molar-refractivity contribution is 5.71. The highest BCUT2D eigenvalue weighted by Gasteiger charge is 2.77. The molecule has 1 aliphatic carbocycles. The molecule has 0 aromatic heterocycles. The van der Waals surface area contributed by atoms with Crippen molar-refractivity contribution in [2.75, 3.05) is 45.9 Å². The van der Waals surface area contributed by atoms with Gasteiger partial charge in [0.05, 0.1) is 33.5 Å². The first-order valence-electron chi connectivity index (χ1n) is 14.2. The van der Waals surface area contributed by atoms with Gasteiger partial charge in [0.15, 0.2) is 0 Å². The molecule has 3 aliphatic heterocycles. The molecule has 1 spiro atoms. The van der Waals surface area contributed by atoms with E-state index in [4.69, 9.17) is 18.9 Å². The lowest BCUT2D eigenvalue weighted by atomic mass is 9.48. The van der Waals surface area contributed by atoms with Gasteiger partial charge in [-0.3, -0.25) is 9.69 Å². The predicted octanol–water partition coefficient (Wildman–Crippen LogP) is 3.69. The molecular formula is C32H40N2O6. The first kappa shape index (κ1) is 27.1. The van der Waals surface area contributed by atoms with Gasteiger partial charge in [0.2, 0.25) is 0 Å². The summed E-state index contributed by atoms with van der Waals surface area (Å²) in [5.41, 5.74) is 0.769. The van der Waals surface area contributed by atoms with E-state index in [9.17, 15) is 9.90 Å². The summed E-state index contributed by atoms with van der Waals surface area (Å²) in [6.07, 6.45) is 5.22. The minimum atomic E-state index is -1.50. The summed E-state index contributed by atoms with van der Waals surface area (Å²) in [4.78, 5) is 17.4. The van der Waals surface area contributed by atoms with Crippen LogP contribution in [0.4, 0.5) is 5.69 Å². The normalized spacial score (nSPS) is 33.8. The molecular weight excluding hydrogens is 508 g/mol. The molecule has 4 aliphatic rings. The minimum Gasteiger partial charge on any atom is -0.497 e. The molecule has 0 amide bonds. The maximum absolute atomic E-state index is 13.1. The van der Waals surface area contributed by atoms with E-state index in [2.05, 4.69) is 41.0 Å². The van der Waals surface area contributed by atoms with E-state index in [1.165, 1.54) is 12.5 Å². The first-order valence-corrected chi connectivity index (χ1v) is 14.2. The van der Waals surface area contributed by atoms with Crippen molar-refractivity contribution in [3.63, 3.8) is 0 Å². The fourth-order valence-corrected chi connectivity index (χ4v) is 8.66. The van der Waals surface area contributed by atoms with Crippen molar-refractivity contribution in [3.05, 3.63) is 65.7 Å². The maximum atomic E-state index is 13.1. The second kappa shape index (κ2) is 9.79. The Hall–Kier alpha value is -3.07. The molecule has 1 saturated heterocycles. The molecule has 40 heavy (non-hydrogen) atoms. The molecule has 8 heteroatoms. The zero-order valence-corrected chi connectivity index (χ0v) is 24.1. The molecule has 1 saturated carbocycles. The number of carbonyl (C=O) groups excluding carboxylic acids is 1. The standard InChI is InChI=1S/C32H40N2O6/c1-6-30-14-7-16-34-17-15-31(27(30)34)25-13-12-24(38-5)18-26(25)33(3)28(31)32(36,29(30)40-21(2)35)20-39-19-22-8-10-23(37-4)11-9-22/h7-14,18,27-29,36H,6,15-17,19-20H2,1-5H3/t27-,28+,29+,30+,31+,32?/m0/s1. The average molecular weight is 549 g/mol. The second-order valence-corrected chi connectivity index (χ2v) is 11.8. The number of benzene rings is 2. The van der Waals surface area contributed by atoms with Crippen LogP contribution in [-0.2, 0) is 26.3 Å². The lowest BCUT2D eigenvalue weighted by Crippen LogP contribution is -2.80. The smallest absolute Gasteiger partial charge is 0.303 e. The van der Waals surface area contributed by atoms with Crippen LogP contribution in [0.15, 0.2) is 54.6 Å². The van der Waals surface area contributed by atoms with Gasteiger partial charge in [0.25, 0.3) is 0 Å². The summed E-state index contributed by atoms with van der Waals surface area (Å²) in [5, 5.41) is 13.1. The number of aliphatic hydroxyl groups is 1. The number of rotatable bonds is 8. The van der Waals surface area contributed by atoms with E-state index in [-0.39, 0.29) is 24.1 Å². The van der Waals surface area contributed by atoms with Crippen LogP contribution in [-0.4, -0.2) is 80.7 Å². The Balaban J connectivity index is 1.49. The second-order valence-electron chi connectivity index (χ2n) is 11.8. The monoisotopic (exact) mass is 548 g/mol. The molecule has 2 aromatic carbocycles. The molecule has 2 aromatic rings. The largest absolute Gasteiger partial charge is 0.497 e. The van der Waals surface area contributed by atoms with Crippen LogP contribution in [0, 0.1) is 5.41 Å². The topological polar surface area (TPSA) is 80.7 Å². The number of methoxy groups -OCH3 is 2. The van der Waals surface area contributed by atoms with Crippen molar-refractivity contribution in [2.45, 2.75) is 62.5 Å². The predicted molar refractivity (Wildman–Crippen MR) is 152 cm³/mol. The number of esters is 1. The van der Waals surface area contributed by atoms with Gasteiger partial charge in [0, 0.05) is 49.1 Å². The quantitative estimate of drug-likeness (QED) is 0.395. The van der Waals surface area contributed by atoms with E-state index in [0.29, 0.717) is 13.0 Å². The Labute approximate surface area is 236 Å². The third-order valence-electron chi connectivity index (χ3n) is 9.98. The van der Waals surface area contributed by atoms with Crippen LogP contribution in [0.1, 0.15) is 37.8 Å². The van der Waals surface area contributed by atoms with Gasteiger partial charge in [-0.05, 0) is 48.7 Å². The van der Waals surface area contributed by atoms with Crippen molar-refractivity contribution in [2.24, 2.45) is 5.41 Å². The Morgan fingerprint density at radius 1 is 1.07 bits per heavy atom. The summed E-state index contributed by atoms with van der Waals surface area (Å²) >= 11 is 0. The van der Waals surface area contributed by atoms with Crippen LogP contribution >= 0.6 is 0 Å². The van der Waals surface area contributed by atoms with Crippen molar-refractivity contribution in [1.82, 2.24) is 4.90 Å². The SMILES string of the molecule is CC[C@]12C=CCN3CC[C@@]4(c5ccc(OC)cc5N(C)[C@H]4C(O)(COCc4ccc(OC)cc4)[C@@H]1OC(C)=O)[C@@H]32. The van der Waals surface area contributed by atoms with E-state index >= 15 is 0 Å². The number of hydrogen-bond acceptors (Lipinski definition) is 8. The van der Waals surface area contributed by atoms with E-state index < -0.39 is 23.1 Å². The number of carbonyl (C=O) groups is 1. The van der Waals surface area contributed by atoms with Gasteiger partial charge in [0.1, 0.15) is 23.2 Å². The van der Waals surface area contributed by atoms with Gasteiger partial charge in [-0.25, -0.2) is 0 Å². The molecule has 6 atom stereocenters. The van der Waals surface area contributed by atoms with E-state index in [1.54, 1.807) is 14.2 Å². The Kier molecular flexibility index (Phi) is 6.63. The molecule has 1 unspecified atom stereocenters. The Morgan fingerprint density at radius 2 is 1.80 bits per heavy atom.